The van der Waals surface area contributed by atoms with Gasteiger partial charge >= 0.3 is 0 Å². The molecule has 1 aromatic carbocycles. The average molecular weight is 273 g/mol. The van der Waals surface area contributed by atoms with Gasteiger partial charge in [-0.15, -0.1) is 12.4 Å². The lowest BCUT2D eigenvalue weighted by molar-refractivity contribution is -0.118. The van der Waals surface area contributed by atoms with Gasteiger partial charge < -0.3 is 10.6 Å². The fourth-order valence-corrected chi connectivity index (χ4v) is 1.89. The molecule has 1 aliphatic heterocycles. The van der Waals surface area contributed by atoms with Crippen molar-refractivity contribution >= 4 is 29.8 Å². The van der Waals surface area contributed by atoms with Crippen molar-refractivity contribution < 1.29 is 14.0 Å². The van der Waals surface area contributed by atoms with E-state index in [0.29, 0.717) is 18.5 Å². The monoisotopic (exact) mass is 272 g/mol. The average Bonchev–Trinajstić information content (AvgIpc) is 2.60. The third-order valence-corrected chi connectivity index (χ3v) is 2.89. The van der Waals surface area contributed by atoms with Gasteiger partial charge in [0.2, 0.25) is 5.91 Å². The number of rotatable bonds is 2. The van der Waals surface area contributed by atoms with Gasteiger partial charge in [0.25, 0.3) is 0 Å². The Morgan fingerprint density at radius 3 is 2.61 bits per heavy atom. The van der Waals surface area contributed by atoms with Crippen LogP contribution in [0.25, 0.3) is 0 Å². The zero-order chi connectivity index (χ0) is 12.6. The molecule has 4 nitrogen and oxygen atoms in total. The van der Waals surface area contributed by atoms with Crippen LogP contribution in [0.15, 0.2) is 18.2 Å². The smallest absolute Gasteiger partial charge is 0.244 e. The number of halogens is 2. The molecule has 0 aromatic heterocycles. The van der Waals surface area contributed by atoms with Crippen LogP contribution in [0.2, 0.25) is 0 Å². The predicted molar refractivity (Wildman–Crippen MR) is 68.6 cm³/mol. The summed E-state index contributed by atoms with van der Waals surface area (Å²) in [7, 11) is 0. The van der Waals surface area contributed by atoms with E-state index >= 15 is 0 Å². The second-order valence-electron chi connectivity index (χ2n) is 4.11. The molecule has 1 aliphatic rings. The van der Waals surface area contributed by atoms with Gasteiger partial charge in [-0.2, -0.15) is 0 Å². The Hall–Kier alpha value is -1.46. The van der Waals surface area contributed by atoms with Crippen LogP contribution in [0.3, 0.4) is 0 Å². The van der Waals surface area contributed by atoms with E-state index in [1.165, 1.54) is 24.0 Å². The first-order chi connectivity index (χ1) is 8.00. The summed E-state index contributed by atoms with van der Waals surface area (Å²) >= 11 is 0. The lowest BCUT2D eigenvalue weighted by Gasteiger charge is -2.17. The summed E-state index contributed by atoms with van der Waals surface area (Å²) in [6.07, 6.45) is 0.521. The van der Waals surface area contributed by atoms with E-state index in [2.05, 4.69) is 0 Å². The van der Waals surface area contributed by atoms with E-state index < -0.39 is 11.9 Å². The van der Waals surface area contributed by atoms with E-state index in [4.69, 9.17) is 5.73 Å². The second kappa shape index (κ2) is 5.46. The molecule has 0 spiro atoms. The fraction of sp³-hybridized carbons (Fsp3) is 0.333. The molecule has 2 rings (SSSR count). The summed E-state index contributed by atoms with van der Waals surface area (Å²) < 4.78 is 13.8. The minimum atomic E-state index is -0.569. The molecular weight excluding hydrogens is 259 g/mol. The van der Waals surface area contributed by atoms with Crippen LogP contribution in [0.5, 0.6) is 0 Å². The minimum absolute atomic E-state index is 0. The summed E-state index contributed by atoms with van der Waals surface area (Å²) in [6.45, 7) is 1.78. The Balaban J connectivity index is 0.00000162. The van der Waals surface area contributed by atoms with E-state index in [9.17, 15) is 14.0 Å². The Morgan fingerprint density at radius 2 is 2.17 bits per heavy atom. The number of amides is 1. The molecule has 0 radical (unpaired) electrons. The molecular formula is C12H14ClFN2O2. The lowest BCUT2D eigenvalue weighted by Crippen LogP contribution is -2.34. The molecule has 1 saturated heterocycles. The first kappa shape index (κ1) is 14.6. The van der Waals surface area contributed by atoms with Gasteiger partial charge in [0, 0.05) is 12.1 Å². The second-order valence-corrected chi connectivity index (χ2v) is 4.11. The van der Waals surface area contributed by atoms with Crippen molar-refractivity contribution in [1.29, 1.82) is 0 Å². The number of benzene rings is 1. The number of nitrogens with zero attached hydrogens (tertiary/aromatic N) is 1. The highest BCUT2D eigenvalue weighted by atomic mass is 35.5. The molecule has 6 heteroatoms. The molecule has 0 bridgehead atoms. The van der Waals surface area contributed by atoms with Crippen LogP contribution in [0.4, 0.5) is 10.1 Å². The van der Waals surface area contributed by atoms with Gasteiger partial charge in [-0.05, 0) is 31.5 Å². The van der Waals surface area contributed by atoms with Gasteiger partial charge in [-0.3, -0.25) is 9.59 Å². The van der Waals surface area contributed by atoms with Gasteiger partial charge in [0.1, 0.15) is 5.82 Å². The van der Waals surface area contributed by atoms with E-state index in [1.807, 2.05) is 0 Å². The van der Waals surface area contributed by atoms with Crippen molar-refractivity contribution in [3.05, 3.63) is 29.6 Å². The summed E-state index contributed by atoms with van der Waals surface area (Å²) in [6, 6.07) is 3.55. The third kappa shape index (κ3) is 2.52. The number of carbonyl (C=O) groups is 2. The molecule has 98 valence electrons. The number of ketones is 1. The van der Waals surface area contributed by atoms with E-state index in [1.54, 1.807) is 0 Å². The maximum Gasteiger partial charge on any atom is 0.244 e. The largest absolute Gasteiger partial charge is 0.320 e. The molecule has 2 N–H and O–H groups in total. The van der Waals surface area contributed by atoms with E-state index in [0.717, 1.165) is 6.07 Å². The zero-order valence-electron chi connectivity index (χ0n) is 9.85. The van der Waals surface area contributed by atoms with Gasteiger partial charge in [0.15, 0.2) is 5.78 Å². The van der Waals surface area contributed by atoms with Gasteiger partial charge in [-0.25, -0.2) is 4.39 Å². The van der Waals surface area contributed by atoms with Crippen molar-refractivity contribution in [2.24, 2.45) is 5.73 Å². The normalized spacial score (nSPS) is 18.7. The number of anilines is 1. The first-order valence-corrected chi connectivity index (χ1v) is 5.38. The van der Waals surface area contributed by atoms with Gasteiger partial charge in [-0.1, -0.05) is 0 Å². The highest BCUT2D eigenvalue weighted by Gasteiger charge is 2.31. The number of nitrogens with two attached hydrogens (primary N) is 1. The molecule has 0 aliphatic carbocycles. The lowest BCUT2D eigenvalue weighted by atomic mass is 10.1. The first-order valence-electron chi connectivity index (χ1n) is 5.38. The Labute approximate surface area is 110 Å². The molecule has 0 saturated carbocycles. The Bertz CT molecular complexity index is 493. The van der Waals surface area contributed by atoms with Crippen LogP contribution in [0.1, 0.15) is 23.7 Å². The number of Topliss-reactive ketones (excluding diaryl/α,β-unsaturated/α-hetero) is 1. The van der Waals surface area contributed by atoms with Crippen molar-refractivity contribution in [2.75, 3.05) is 11.4 Å². The Kier molecular flexibility index (Phi) is 4.43. The van der Waals surface area contributed by atoms with Gasteiger partial charge in [0.05, 0.1) is 11.7 Å². The van der Waals surface area contributed by atoms with Crippen LogP contribution < -0.4 is 10.6 Å². The van der Waals surface area contributed by atoms with Crippen LogP contribution in [-0.4, -0.2) is 24.3 Å². The van der Waals surface area contributed by atoms with Crippen LogP contribution in [-0.2, 0) is 4.79 Å². The molecule has 0 unspecified atom stereocenters. The SMILES string of the molecule is CC(=O)c1ccc(N2CC[C@H](N)C2=O)c(F)c1.Cl. The number of hydrogen-bond donors (Lipinski definition) is 1. The van der Waals surface area contributed by atoms with Crippen molar-refractivity contribution in [3.63, 3.8) is 0 Å². The third-order valence-electron chi connectivity index (χ3n) is 2.89. The quantitative estimate of drug-likeness (QED) is 0.830. The van der Waals surface area contributed by atoms with Crippen LogP contribution in [0, 0.1) is 5.82 Å². The molecule has 1 amide bonds. The summed E-state index contributed by atoms with van der Waals surface area (Å²) in [5.74, 6) is -1.06. The van der Waals surface area contributed by atoms with Crippen molar-refractivity contribution in [2.45, 2.75) is 19.4 Å². The van der Waals surface area contributed by atoms with Crippen molar-refractivity contribution in [1.82, 2.24) is 0 Å². The maximum atomic E-state index is 13.8. The standard InChI is InChI=1S/C12H13FN2O2.ClH/c1-7(16)8-2-3-11(9(13)6-8)15-5-4-10(14)12(15)17;/h2-3,6,10H,4-5,14H2,1H3;1H/t10-;/m0./s1. The molecule has 1 fully saturated rings. The van der Waals surface area contributed by atoms with Crippen molar-refractivity contribution in [3.8, 4) is 0 Å². The summed E-state index contributed by atoms with van der Waals surface area (Å²) in [5, 5.41) is 0. The zero-order valence-corrected chi connectivity index (χ0v) is 10.7. The minimum Gasteiger partial charge on any atom is -0.320 e. The summed E-state index contributed by atoms with van der Waals surface area (Å²) in [5.41, 5.74) is 6.05. The molecule has 1 atom stereocenters. The molecule has 18 heavy (non-hydrogen) atoms. The topological polar surface area (TPSA) is 63.4 Å². The Morgan fingerprint density at radius 1 is 1.50 bits per heavy atom. The molecule has 1 heterocycles. The fourth-order valence-electron chi connectivity index (χ4n) is 1.89. The van der Waals surface area contributed by atoms with E-state index in [-0.39, 0.29) is 29.8 Å². The highest BCUT2D eigenvalue weighted by Crippen LogP contribution is 2.25. The number of carbonyl (C=O) groups excluding carboxylic acids is 2. The molecule has 1 aromatic rings. The maximum absolute atomic E-state index is 13.8. The van der Waals surface area contributed by atoms with Crippen LogP contribution >= 0.6 is 12.4 Å². The number of hydrogen-bond acceptors (Lipinski definition) is 3. The summed E-state index contributed by atoms with van der Waals surface area (Å²) in [4.78, 5) is 24.0. The predicted octanol–water partition coefficient (Wildman–Crippen LogP) is 1.51. The highest BCUT2D eigenvalue weighted by molar-refractivity contribution is 6.00.